The molecule has 0 unspecified atom stereocenters. The van der Waals surface area contributed by atoms with E-state index in [1.807, 2.05) is 30.5 Å². The molecule has 0 saturated heterocycles. The maximum absolute atomic E-state index is 12.3. The van der Waals surface area contributed by atoms with Gasteiger partial charge in [-0.2, -0.15) is 0 Å². The summed E-state index contributed by atoms with van der Waals surface area (Å²) in [5, 5.41) is 13.1. The number of rotatable bonds is 3. The third kappa shape index (κ3) is 2.67. The zero-order chi connectivity index (χ0) is 14.8. The fourth-order valence-electron chi connectivity index (χ4n) is 2.72. The highest BCUT2D eigenvalue weighted by molar-refractivity contribution is 6.09. The summed E-state index contributed by atoms with van der Waals surface area (Å²) >= 11 is 0. The summed E-state index contributed by atoms with van der Waals surface area (Å²) < 4.78 is 0. The minimum Gasteiger partial charge on any atom is -0.478 e. The number of aromatic amines is 1. The molecule has 0 atom stereocenters. The molecule has 3 N–H and O–H groups in total. The molecule has 5 heteroatoms. The van der Waals surface area contributed by atoms with Gasteiger partial charge in [0.25, 0.3) is 5.91 Å². The lowest BCUT2D eigenvalue weighted by Crippen LogP contribution is -2.21. The monoisotopic (exact) mass is 284 g/mol. The van der Waals surface area contributed by atoms with Gasteiger partial charge in [0, 0.05) is 28.5 Å². The Hall–Kier alpha value is -2.56. The molecule has 1 aliphatic carbocycles. The van der Waals surface area contributed by atoms with Gasteiger partial charge in [-0.25, -0.2) is 4.79 Å². The molecule has 2 aromatic rings. The minimum absolute atomic E-state index is 0.250. The van der Waals surface area contributed by atoms with Crippen LogP contribution >= 0.6 is 0 Å². The van der Waals surface area contributed by atoms with Crippen molar-refractivity contribution >= 4 is 28.5 Å². The molecule has 21 heavy (non-hydrogen) atoms. The van der Waals surface area contributed by atoms with Crippen molar-refractivity contribution in [2.75, 3.05) is 5.32 Å². The van der Waals surface area contributed by atoms with Gasteiger partial charge in [-0.3, -0.25) is 4.79 Å². The SMILES string of the molecule is O=C(O)C1=C(C(=O)Nc2ccc3cc[nH]c3c2)CCCC1. The van der Waals surface area contributed by atoms with Crippen molar-refractivity contribution in [1.82, 2.24) is 4.98 Å². The summed E-state index contributed by atoms with van der Waals surface area (Å²) in [7, 11) is 0. The summed E-state index contributed by atoms with van der Waals surface area (Å²) in [4.78, 5) is 26.6. The van der Waals surface area contributed by atoms with Crippen molar-refractivity contribution in [3.05, 3.63) is 41.6 Å². The number of nitrogens with one attached hydrogen (secondary N) is 2. The highest BCUT2D eigenvalue weighted by Gasteiger charge is 2.23. The van der Waals surface area contributed by atoms with Gasteiger partial charge in [-0.15, -0.1) is 0 Å². The third-order valence-electron chi connectivity index (χ3n) is 3.81. The Labute approximate surface area is 121 Å². The number of carbonyl (C=O) groups excluding carboxylic acids is 1. The number of carboxylic acids is 1. The van der Waals surface area contributed by atoms with Crippen molar-refractivity contribution < 1.29 is 14.7 Å². The average Bonchev–Trinajstić information content (AvgIpc) is 2.94. The first-order valence-electron chi connectivity index (χ1n) is 6.99. The zero-order valence-electron chi connectivity index (χ0n) is 11.5. The number of fused-ring (bicyclic) bond motifs is 1. The van der Waals surface area contributed by atoms with Crippen molar-refractivity contribution in [1.29, 1.82) is 0 Å². The molecule has 0 aliphatic heterocycles. The van der Waals surface area contributed by atoms with E-state index < -0.39 is 5.97 Å². The van der Waals surface area contributed by atoms with Crippen LogP contribution in [0.15, 0.2) is 41.6 Å². The van der Waals surface area contributed by atoms with Gasteiger partial charge in [-0.05, 0) is 49.3 Å². The van der Waals surface area contributed by atoms with Crippen molar-refractivity contribution in [3.63, 3.8) is 0 Å². The van der Waals surface area contributed by atoms with Crippen molar-refractivity contribution in [3.8, 4) is 0 Å². The van der Waals surface area contributed by atoms with Crippen LogP contribution in [0.4, 0.5) is 5.69 Å². The fraction of sp³-hybridized carbons (Fsp3) is 0.250. The first kappa shape index (κ1) is 13.4. The van der Waals surface area contributed by atoms with Gasteiger partial charge in [0.2, 0.25) is 0 Å². The van der Waals surface area contributed by atoms with Gasteiger partial charge in [0.05, 0.1) is 0 Å². The Morgan fingerprint density at radius 1 is 1.10 bits per heavy atom. The van der Waals surface area contributed by atoms with Crippen LogP contribution in [0.25, 0.3) is 10.9 Å². The molecular weight excluding hydrogens is 268 g/mol. The van der Waals surface area contributed by atoms with Gasteiger partial charge >= 0.3 is 5.97 Å². The Kier molecular flexibility index (Phi) is 3.48. The molecule has 0 radical (unpaired) electrons. The van der Waals surface area contributed by atoms with Crippen LogP contribution in [0.5, 0.6) is 0 Å². The van der Waals surface area contributed by atoms with E-state index in [1.54, 1.807) is 0 Å². The number of carboxylic acid groups (broad SMARTS) is 1. The highest BCUT2D eigenvalue weighted by Crippen LogP contribution is 2.26. The largest absolute Gasteiger partial charge is 0.478 e. The second kappa shape index (κ2) is 5.44. The van der Waals surface area contributed by atoms with Crippen LogP contribution < -0.4 is 5.32 Å². The van der Waals surface area contributed by atoms with Crippen molar-refractivity contribution in [2.45, 2.75) is 25.7 Å². The Bertz CT molecular complexity index is 743. The summed E-state index contributed by atoms with van der Waals surface area (Å²) in [6.07, 6.45) is 4.51. The van der Waals surface area contributed by atoms with E-state index >= 15 is 0 Å². The van der Waals surface area contributed by atoms with E-state index in [0.717, 1.165) is 23.7 Å². The summed E-state index contributed by atoms with van der Waals surface area (Å²) in [5.74, 6) is -1.29. The molecule has 0 bridgehead atoms. The number of hydrogen-bond donors (Lipinski definition) is 3. The maximum Gasteiger partial charge on any atom is 0.332 e. The second-order valence-corrected chi connectivity index (χ2v) is 5.20. The molecule has 5 nitrogen and oxygen atoms in total. The lowest BCUT2D eigenvalue weighted by Gasteiger charge is -2.17. The van der Waals surface area contributed by atoms with Crippen LogP contribution in [0.2, 0.25) is 0 Å². The summed E-state index contributed by atoms with van der Waals surface area (Å²) in [5.41, 5.74) is 2.25. The molecule has 1 aliphatic rings. The molecule has 1 heterocycles. The Balaban J connectivity index is 1.86. The summed E-state index contributed by atoms with van der Waals surface area (Å²) in [6, 6.07) is 7.52. The third-order valence-corrected chi connectivity index (χ3v) is 3.81. The van der Waals surface area contributed by atoms with Crippen LogP contribution in [0, 0.1) is 0 Å². The molecule has 1 aromatic heterocycles. The van der Waals surface area contributed by atoms with Gasteiger partial charge in [0.1, 0.15) is 0 Å². The van der Waals surface area contributed by atoms with E-state index in [0.29, 0.717) is 24.1 Å². The van der Waals surface area contributed by atoms with Gasteiger partial charge in [-0.1, -0.05) is 6.07 Å². The van der Waals surface area contributed by atoms with Crippen LogP contribution in [0.1, 0.15) is 25.7 Å². The number of carbonyl (C=O) groups is 2. The summed E-state index contributed by atoms with van der Waals surface area (Å²) in [6.45, 7) is 0. The maximum atomic E-state index is 12.3. The Morgan fingerprint density at radius 3 is 2.62 bits per heavy atom. The quantitative estimate of drug-likeness (QED) is 0.810. The number of hydrogen-bond acceptors (Lipinski definition) is 2. The molecule has 108 valence electrons. The second-order valence-electron chi connectivity index (χ2n) is 5.20. The lowest BCUT2D eigenvalue weighted by molar-refractivity contribution is -0.133. The predicted molar refractivity (Wildman–Crippen MR) is 80.1 cm³/mol. The topological polar surface area (TPSA) is 82.2 Å². The first-order chi connectivity index (χ1) is 10.1. The number of amides is 1. The van der Waals surface area contributed by atoms with Crippen LogP contribution in [-0.4, -0.2) is 22.0 Å². The van der Waals surface area contributed by atoms with Crippen LogP contribution in [-0.2, 0) is 9.59 Å². The standard InChI is InChI=1S/C16H16N2O3/c19-15(12-3-1-2-4-13(12)16(20)21)18-11-6-5-10-7-8-17-14(10)9-11/h5-9,17H,1-4H2,(H,18,19)(H,20,21). The number of H-pyrrole nitrogens is 1. The molecule has 1 amide bonds. The van der Waals surface area contributed by atoms with Crippen LogP contribution in [0.3, 0.4) is 0 Å². The van der Waals surface area contributed by atoms with Crippen molar-refractivity contribution in [2.24, 2.45) is 0 Å². The molecule has 0 fully saturated rings. The Morgan fingerprint density at radius 2 is 1.86 bits per heavy atom. The fourth-order valence-corrected chi connectivity index (χ4v) is 2.72. The molecule has 0 spiro atoms. The number of anilines is 1. The first-order valence-corrected chi connectivity index (χ1v) is 6.99. The van der Waals surface area contributed by atoms with Gasteiger partial charge < -0.3 is 15.4 Å². The number of aliphatic carboxylic acids is 1. The average molecular weight is 284 g/mol. The minimum atomic E-state index is -0.986. The highest BCUT2D eigenvalue weighted by atomic mass is 16.4. The molecule has 3 rings (SSSR count). The zero-order valence-corrected chi connectivity index (χ0v) is 11.5. The van der Waals surface area contributed by atoms with E-state index in [4.69, 9.17) is 0 Å². The van der Waals surface area contributed by atoms with E-state index in [2.05, 4.69) is 10.3 Å². The predicted octanol–water partition coefficient (Wildman–Crippen LogP) is 3.06. The number of aromatic nitrogens is 1. The smallest absolute Gasteiger partial charge is 0.332 e. The molecular formula is C16H16N2O3. The van der Waals surface area contributed by atoms with E-state index in [1.165, 1.54) is 0 Å². The molecule has 1 aromatic carbocycles. The normalized spacial score (nSPS) is 15.2. The number of benzene rings is 1. The van der Waals surface area contributed by atoms with E-state index in [-0.39, 0.29) is 11.5 Å². The molecule has 0 saturated carbocycles. The lowest BCUT2D eigenvalue weighted by atomic mass is 9.91. The van der Waals surface area contributed by atoms with Gasteiger partial charge in [0.15, 0.2) is 0 Å². The van der Waals surface area contributed by atoms with E-state index in [9.17, 15) is 14.7 Å².